The Kier molecular flexibility index (Phi) is 2.91. The van der Waals surface area contributed by atoms with Crippen LogP contribution in [0.15, 0.2) is 24.3 Å². The van der Waals surface area contributed by atoms with Crippen LogP contribution in [0, 0.1) is 10.1 Å². The quantitative estimate of drug-likeness (QED) is 0.642. The Hall–Kier alpha value is -2.17. The normalized spacial score (nSPS) is 13.8. The van der Waals surface area contributed by atoms with Gasteiger partial charge in [0.1, 0.15) is 0 Å². The van der Waals surface area contributed by atoms with Crippen LogP contribution in [0.4, 0.5) is 5.69 Å². The number of aryl methyl sites for hydroxylation is 1. The summed E-state index contributed by atoms with van der Waals surface area (Å²) in [6.45, 7) is 0. The number of carbonyl (C=O) groups is 1. The highest BCUT2D eigenvalue weighted by atomic mass is 16.6. The highest BCUT2D eigenvalue weighted by molar-refractivity contribution is 5.86. The summed E-state index contributed by atoms with van der Waals surface area (Å²) in [5.41, 5.74) is 2.35. The lowest BCUT2D eigenvalue weighted by atomic mass is 9.89. The second-order valence-electron chi connectivity index (χ2n) is 3.94. The maximum absolute atomic E-state index is 10.7. The molecule has 1 N–H and O–H groups in total. The Balaban J connectivity index is 2.43. The zero-order valence-corrected chi connectivity index (χ0v) is 9.05. The van der Waals surface area contributed by atoms with Crippen LogP contribution in [0.25, 0.3) is 5.57 Å². The number of allylic oxidation sites excluding steroid dienone is 1. The Morgan fingerprint density at radius 1 is 1.47 bits per heavy atom. The molecule has 0 atom stereocenters. The average Bonchev–Trinajstić information content (AvgIpc) is 2.28. The number of rotatable bonds is 3. The van der Waals surface area contributed by atoms with Crippen LogP contribution in [0.5, 0.6) is 0 Å². The van der Waals surface area contributed by atoms with E-state index in [1.54, 1.807) is 6.07 Å². The summed E-state index contributed by atoms with van der Waals surface area (Å²) < 4.78 is 0. The van der Waals surface area contributed by atoms with Crippen molar-refractivity contribution in [2.75, 3.05) is 0 Å². The van der Waals surface area contributed by atoms with Gasteiger partial charge in [0.2, 0.25) is 0 Å². The van der Waals surface area contributed by atoms with Gasteiger partial charge in [-0.05, 0) is 29.5 Å². The van der Waals surface area contributed by atoms with E-state index in [9.17, 15) is 14.9 Å². The fraction of sp³-hybridized carbons (Fsp3) is 0.250. The summed E-state index contributed by atoms with van der Waals surface area (Å²) in [4.78, 5) is 20.9. The molecular weight excluding hydrogens is 222 g/mol. The van der Waals surface area contributed by atoms with E-state index in [4.69, 9.17) is 5.11 Å². The number of benzene rings is 1. The standard InChI is InChI=1S/C12H11NO4/c14-12(15)6-9-3-1-2-8-4-5-10(13(16)17)7-11(8)9/h3-5,7H,1-2,6H2,(H,14,15). The molecule has 1 aromatic carbocycles. The van der Waals surface area contributed by atoms with Crippen molar-refractivity contribution in [2.24, 2.45) is 0 Å². The van der Waals surface area contributed by atoms with Gasteiger partial charge >= 0.3 is 5.97 Å². The number of nitrogens with zero attached hydrogens (tertiary/aromatic N) is 1. The van der Waals surface area contributed by atoms with E-state index < -0.39 is 10.9 Å². The van der Waals surface area contributed by atoms with Crippen LogP contribution in [0.1, 0.15) is 24.0 Å². The maximum atomic E-state index is 10.7. The first-order chi connectivity index (χ1) is 8.08. The number of hydrogen-bond acceptors (Lipinski definition) is 3. The van der Waals surface area contributed by atoms with Crippen molar-refractivity contribution in [1.82, 2.24) is 0 Å². The van der Waals surface area contributed by atoms with Gasteiger partial charge in [0.05, 0.1) is 11.3 Å². The number of carboxylic acid groups (broad SMARTS) is 1. The number of hydrogen-bond donors (Lipinski definition) is 1. The number of nitro benzene ring substituents is 1. The number of carboxylic acids is 1. The third-order valence-corrected chi connectivity index (χ3v) is 2.80. The van der Waals surface area contributed by atoms with Gasteiger partial charge in [-0.25, -0.2) is 0 Å². The Labute approximate surface area is 97.5 Å². The van der Waals surface area contributed by atoms with E-state index in [-0.39, 0.29) is 12.1 Å². The van der Waals surface area contributed by atoms with E-state index in [1.165, 1.54) is 12.1 Å². The molecule has 0 aliphatic heterocycles. The molecule has 0 fully saturated rings. The first-order valence-corrected chi connectivity index (χ1v) is 5.26. The van der Waals surface area contributed by atoms with Crippen LogP contribution >= 0.6 is 0 Å². The van der Waals surface area contributed by atoms with E-state index in [1.807, 2.05) is 6.08 Å². The Morgan fingerprint density at radius 3 is 2.88 bits per heavy atom. The van der Waals surface area contributed by atoms with Gasteiger partial charge in [-0.2, -0.15) is 0 Å². The number of non-ortho nitro benzene ring substituents is 1. The molecule has 5 heteroatoms. The predicted molar refractivity (Wildman–Crippen MR) is 61.6 cm³/mol. The molecule has 0 spiro atoms. The number of aliphatic carboxylic acids is 1. The van der Waals surface area contributed by atoms with Crippen molar-refractivity contribution in [2.45, 2.75) is 19.3 Å². The van der Waals surface area contributed by atoms with Crippen molar-refractivity contribution in [3.63, 3.8) is 0 Å². The summed E-state index contributed by atoms with van der Waals surface area (Å²) in [5.74, 6) is -0.921. The number of nitro groups is 1. The van der Waals surface area contributed by atoms with E-state index in [2.05, 4.69) is 0 Å². The SMILES string of the molecule is O=C(O)CC1=CCCc2ccc([N+](=O)[O-])cc21. The Morgan fingerprint density at radius 2 is 2.24 bits per heavy atom. The van der Waals surface area contributed by atoms with Crippen LogP contribution in [0.3, 0.4) is 0 Å². The molecule has 0 bridgehead atoms. The molecule has 0 heterocycles. The van der Waals surface area contributed by atoms with Crippen LogP contribution in [0.2, 0.25) is 0 Å². The van der Waals surface area contributed by atoms with E-state index in [0.29, 0.717) is 11.1 Å². The third kappa shape index (κ3) is 2.33. The molecule has 88 valence electrons. The molecule has 0 unspecified atom stereocenters. The monoisotopic (exact) mass is 233 g/mol. The minimum atomic E-state index is -0.921. The zero-order chi connectivity index (χ0) is 12.4. The largest absolute Gasteiger partial charge is 0.481 e. The van der Waals surface area contributed by atoms with Crippen molar-refractivity contribution in [3.05, 3.63) is 45.5 Å². The minimum Gasteiger partial charge on any atom is -0.481 e. The first kappa shape index (κ1) is 11.3. The second kappa shape index (κ2) is 4.37. The van der Waals surface area contributed by atoms with Gasteiger partial charge in [0.25, 0.3) is 5.69 Å². The fourth-order valence-corrected chi connectivity index (χ4v) is 2.04. The zero-order valence-electron chi connectivity index (χ0n) is 9.05. The van der Waals surface area contributed by atoms with Gasteiger partial charge in [-0.3, -0.25) is 14.9 Å². The molecule has 0 radical (unpaired) electrons. The minimum absolute atomic E-state index is 0.00180. The molecule has 1 aliphatic carbocycles. The van der Waals surface area contributed by atoms with E-state index >= 15 is 0 Å². The van der Waals surface area contributed by atoms with Crippen LogP contribution in [-0.4, -0.2) is 16.0 Å². The summed E-state index contributed by atoms with van der Waals surface area (Å²) in [7, 11) is 0. The predicted octanol–water partition coefficient (Wildman–Crippen LogP) is 2.40. The molecule has 5 nitrogen and oxygen atoms in total. The van der Waals surface area contributed by atoms with Crippen molar-refractivity contribution in [1.29, 1.82) is 0 Å². The summed E-state index contributed by atoms with van der Waals surface area (Å²) in [5, 5.41) is 19.5. The smallest absolute Gasteiger partial charge is 0.307 e. The fourth-order valence-electron chi connectivity index (χ4n) is 2.04. The lowest BCUT2D eigenvalue weighted by Crippen LogP contribution is -2.05. The molecule has 1 aliphatic rings. The lowest BCUT2D eigenvalue weighted by molar-refractivity contribution is -0.384. The van der Waals surface area contributed by atoms with Crippen LogP contribution < -0.4 is 0 Å². The first-order valence-electron chi connectivity index (χ1n) is 5.26. The molecule has 0 saturated carbocycles. The summed E-state index contributed by atoms with van der Waals surface area (Å²) in [6, 6.07) is 4.63. The molecule has 0 amide bonds. The van der Waals surface area contributed by atoms with Crippen molar-refractivity contribution < 1.29 is 14.8 Å². The van der Waals surface area contributed by atoms with Gasteiger partial charge < -0.3 is 5.11 Å². The van der Waals surface area contributed by atoms with Gasteiger partial charge in [-0.1, -0.05) is 12.1 Å². The van der Waals surface area contributed by atoms with Gasteiger partial charge in [0, 0.05) is 12.1 Å². The molecule has 0 aromatic heterocycles. The van der Waals surface area contributed by atoms with E-state index in [0.717, 1.165) is 18.4 Å². The summed E-state index contributed by atoms with van der Waals surface area (Å²) in [6.07, 6.45) is 3.35. The average molecular weight is 233 g/mol. The molecule has 1 aromatic rings. The molecule has 2 rings (SSSR count). The highest BCUT2D eigenvalue weighted by Crippen LogP contribution is 2.31. The third-order valence-electron chi connectivity index (χ3n) is 2.80. The Bertz CT molecular complexity index is 519. The molecule has 17 heavy (non-hydrogen) atoms. The van der Waals surface area contributed by atoms with Gasteiger partial charge in [0.15, 0.2) is 0 Å². The lowest BCUT2D eigenvalue weighted by Gasteiger charge is -2.16. The van der Waals surface area contributed by atoms with Crippen molar-refractivity contribution in [3.8, 4) is 0 Å². The van der Waals surface area contributed by atoms with Gasteiger partial charge in [-0.15, -0.1) is 0 Å². The van der Waals surface area contributed by atoms with Crippen LogP contribution in [-0.2, 0) is 11.2 Å². The summed E-state index contributed by atoms with van der Waals surface area (Å²) >= 11 is 0. The molecule has 0 saturated heterocycles. The maximum Gasteiger partial charge on any atom is 0.307 e. The second-order valence-corrected chi connectivity index (χ2v) is 3.94. The number of fused-ring (bicyclic) bond motifs is 1. The van der Waals surface area contributed by atoms with Crippen molar-refractivity contribution >= 4 is 17.2 Å². The molecular formula is C12H11NO4. The highest BCUT2D eigenvalue weighted by Gasteiger charge is 2.18. The topological polar surface area (TPSA) is 80.4 Å².